The number of aromatic nitrogens is 1. The molecule has 0 unspecified atom stereocenters. The van der Waals surface area contributed by atoms with Gasteiger partial charge in [0, 0.05) is 11.7 Å². The third-order valence-electron chi connectivity index (χ3n) is 1.81. The van der Waals surface area contributed by atoms with Gasteiger partial charge < -0.3 is 14.8 Å². The Morgan fingerprint density at radius 3 is 2.71 bits per heavy atom. The summed E-state index contributed by atoms with van der Waals surface area (Å²) in [6.45, 7) is 1.64. The number of nitrogens with zero attached hydrogens (tertiary/aromatic N) is 1. The lowest BCUT2D eigenvalue weighted by atomic mass is 9.81. The summed E-state index contributed by atoms with van der Waals surface area (Å²) in [5, 5.41) is 17.7. The first-order valence-electron chi connectivity index (χ1n) is 3.97. The quantitative estimate of drug-likeness (QED) is 0.460. The van der Waals surface area contributed by atoms with E-state index in [2.05, 4.69) is 9.72 Å². The molecule has 74 valence electrons. The summed E-state index contributed by atoms with van der Waals surface area (Å²) in [5.41, 5.74) is 0.885. The zero-order valence-electron chi connectivity index (χ0n) is 7.89. The average molecular weight is 195 g/mol. The highest BCUT2D eigenvalue weighted by atomic mass is 16.5. The van der Waals surface area contributed by atoms with Crippen molar-refractivity contribution in [1.29, 1.82) is 0 Å². The Morgan fingerprint density at radius 2 is 2.21 bits per heavy atom. The lowest BCUT2D eigenvalue weighted by Crippen LogP contribution is -2.31. The minimum Gasteiger partial charge on any atom is -0.465 e. The Morgan fingerprint density at radius 1 is 1.57 bits per heavy atom. The van der Waals surface area contributed by atoms with E-state index in [1.54, 1.807) is 6.92 Å². The van der Waals surface area contributed by atoms with Crippen LogP contribution in [0.3, 0.4) is 0 Å². The Labute approximate surface area is 81.5 Å². The van der Waals surface area contributed by atoms with Crippen LogP contribution < -0.4 is 5.46 Å². The van der Waals surface area contributed by atoms with Gasteiger partial charge in [-0.1, -0.05) is 0 Å². The molecule has 1 heterocycles. The lowest BCUT2D eigenvalue weighted by molar-refractivity contribution is 0.0599. The summed E-state index contributed by atoms with van der Waals surface area (Å²) in [6.07, 6.45) is 1.30. The SMILES string of the molecule is COC(=O)c1cc(B(O)O)cnc1C. The van der Waals surface area contributed by atoms with Crippen molar-refractivity contribution in [1.82, 2.24) is 4.98 Å². The fraction of sp³-hybridized carbons (Fsp3) is 0.250. The van der Waals surface area contributed by atoms with Crippen LogP contribution in [0.15, 0.2) is 12.3 Å². The van der Waals surface area contributed by atoms with Crippen LogP contribution in [-0.2, 0) is 4.74 Å². The minimum atomic E-state index is -1.63. The Kier molecular flexibility index (Phi) is 3.21. The van der Waals surface area contributed by atoms with E-state index in [0.717, 1.165) is 0 Å². The summed E-state index contributed by atoms with van der Waals surface area (Å²) >= 11 is 0. The molecule has 1 aromatic heterocycles. The molecular weight excluding hydrogens is 185 g/mol. The van der Waals surface area contributed by atoms with Crippen molar-refractivity contribution in [2.24, 2.45) is 0 Å². The first kappa shape index (κ1) is 10.7. The number of rotatable bonds is 2. The van der Waals surface area contributed by atoms with Gasteiger partial charge in [-0.3, -0.25) is 4.98 Å². The van der Waals surface area contributed by atoms with Gasteiger partial charge in [-0.2, -0.15) is 0 Å². The number of ether oxygens (including phenoxy) is 1. The molecular formula is C8H10BNO4. The van der Waals surface area contributed by atoms with Crippen LogP contribution in [0.25, 0.3) is 0 Å². The molecule has 1 aromatic rings. The zero-order valence-corrected chi connectivity index (χ0v) is 7.89. The predicted octanol–water partition coefficient (Wildman–Crippen LogP) is -1.14. The van der Waals surface area contributed by atoms with Gasteiger partial charge in [0.2, 0.25) is 0 Å². The molecule has 6 heteroatoms. The Hall–Kier alpha value is -1.40. The third kappa shape index (κ3) is 2.10. The fourth-order valence-electron chi connectivity index (χ4n) is 1.01. The van der Waals surface area contributed by atoms with Crippen molar-refractivity contribution in [2.75, 3.05) is 7.11 Å². The average Bonchev–Trinajstić information content (AvgIpc) is 2.17. The van der Waals surface area contributed by atoms with Gasteiger partial charge in [-0.15, -0.1) is 0 Å². The molecule has 14 heavy (non-hydrogen) atoms. The summed E-state index contributed by atoms with van der Waals surface area (Å²) in [7, 11) is -0.379. The number of carbonyl (C=O) groups is 1. The maximum atomic E-state index is 11.2. The monoisotopic (exact) mass is 195 g/mol. The minimum absolute atomic E-state index is 0.163. The highest BCUT2D eigenvalue weighted by Gasteiger charge is 2.16. The normalized spacial score (nSPS) is 9.71. The molecule has 0 amide bonds. The van der Waals surface area contributed by atoms with Gasteiger partial charge in [0.1, 0.15) is 0 Å². The van der Waals surface area contributed by atoms with Gasteiger partial charge in [-0.25, -0.2) is 4.79 Å². The van der Waals surface area contributed by atoms with Gasteiger partial charge in [0.15, 0.2) is 0 Å². The highest BCUT2D eigenvalue weighted by molar-refractivity contribution is 6.58. The zero-order chi connectivity index (χ0) is 10.7. The molecule has 0 aliphatic carbocycles. The topological polar surface area (TPSA) is 79.7 Å². The molecule has 0 aliphatic rings. The van der Waals surface area contributed by atoms with Crippen LogP contribution in [0.5, 0.6) is 0 Å². The van der Waals surface area contributed by atoms with E-state index in [4.69, 9.17) is 10.0 Å². The second-order valence-corrected chi connectivity index (χ2v) is 2.77. The van der Waals surface area contributed by atoms with Gasteiger partial charge in [-0.05, 0) is 13.0 Å². The molecule has 0 bridgehead atoms. The van der Waals surface area contributed by atoms with Crippen molar-refractivity contribution in [3.05, 3.63) is 23.5 Å². The molecule has 0 atom stereocenters. The van der Waals surface area contributed by atoms with Gasteiger partial charge in [0.25, 0.3) is 0 Å². The van der Waals surface area contributed by atoms with Crippen LogP contribution in [0.4, 0.5) is 0 Å². The van der Waals surface area contributed by atoms with Gasteiger partial charge >= 0.3 is 13.1 Å². The van der Waals surface area contributed by atoms with Crippen molar-refractivity contribution in [2.45, 2.75) is 6.92 Å². The lowest BCUT2D eigenvalue weighted by Gasteiger charge is -2.05. The van der Waals surface area contributed by atoms with Crippen molar-refractivity contribution in [3.8, 4) is 0 Å². The standard InChI is InChI=1S/C8H10BNO4/c1-5-7(8(11)14-2)3-6(4-10-5)9(12)13/h3-4,12-13H,1-2H3. The maximum absolute atomic E-state index is 11.2. The summed E-state index contributed by atoms with van der Waals surface area (Å²) in [6, 6.07) is 1.35. The number of esters is 1. The maximum Gasteiger partial charge on any atom is 0.490 e. The number of aryl methyl sites for hydroxylation is 1. The summed E-state index contributed by atoms with van der Waals surface area (Å²) in [5.74, 6) is -0.544. The predicted molar refractivity (Wildman–Crippen MR) is 50.1 cm³/mol. The van der Waals surface area contributed by atoms with Crippen LogP contribution in [0, 0.1) is 6.92 Å². The number of methoxy groups -OCH3 is 1. The van der Waals surface area contributed by atoms with Crippen LogP contribution in [0.1, 0.15) is 16.1 Å². The van der Waals surface area contributed by atoms with E-state index < -0.39 is 13.1 Å². The van der Waals surface area contributed by atoms with E-state index in [1.165, 1.54) is 19.4 Å². The molecule has 0 aromatic carbocycles. The molecule has 0 radical (unpaired) electrons. The molecule has 5 nitrogen and oxygen atoms in total. The fourth-order valence-corrected chi connectivity index (χ4v) is 1.01. The van der Waals surface area contributed by atoms with E-state index in [9.17, 15) is 4.79 Å². The molecule has 0 saturated carbocycles. The smallest absolute Gasteiger partial charge is 0.465 e. The molecule has 1 rings (SSSR count). The number of carbonyl (C=O) groups excluding carboxylic acids is 1. The first-order chi connectivity index (χ1) is 6.56. The van der Waals surface area contributed by atoms with Crippen LogP contribution in [0.2, 0.25) is 0 Å². The summed E-state index contributed by atoms with van der Waals surface area (Å²) < 4.78 is 4.51. The molecule has 0 aliphatic heterocycles. The molecule has 0 fully saturated rings. The van der Waals surface area contributed by atoms with E-state index in [-0.39, 0.29) is 11.0 Å². The van der Waals surface area contributed by atoms with Crippen molar-refractivity contribution < 1.29 is 19.6 Å². The van der Waals surface area contributed by atoms with E-state index in [1.807, 2.05) is 0 Å². The van der Waals surface area contributed by atoms with Crippen molar-refractivity contribution >= 4 is 18.6 Å². The van der Waals surface area contributed by atoms with E-state index in [0.29, 0.717) is 5.69 Å². The van der Waals surface area contributed by atoms with Gasteiger partial charge in [0.05, 0.1) is 18.4 Å². The largest absolute Gasteiger partial charge is 0.490 e. The van der Waals surface area contributed by atoms with Crippen molar-refractivity contribution in [3.63, 3.8) is 0 Å². The molecule has 2 N–H and O–H groups in total. The second kappa shape index (κ2) is 4.21. The van der Waals surface area contributed by atoms with E-state index >= 15 is 0 Å². The second-order valence-electron chi connectivity index (χ2n) is 2.77. The third-order valence-corrected chi connectivity index (χ3v) is 1.81. The highest BCUT2D eigenvalue weighted by Crippen LogP contribution is 2.03. The number of pyridine rings is 1. The number of hydrogen-bond donors (Lipinski definition) is 2. The van der Waals surface area contributed by atoms with Crippen LogP contribution in [-0.4, -0.2) is 35.2 Å². The molecule has 0 saturated heterocycles. The first-order valence-corrected chi connectivity index (χ1v) is 3.97. The molecule has 0 spiro atoms. The summed E-state index contributed by atoms with van der Waals surface area (Å²) in [4.78, 5) is 15.0. The Bertz CT molecular complexity index is 353. The van der Waals surface area contributed by atoms with Crippen LogP contribution >= 0.6 is 0 Å². The number of hydrogen-bond acceptors (Lipinski definition) is 5. The Balaban J connectivity index is 3.15.